The number of hydrogen-bond acceptors (Lipinski definition) is 3. The minimum atomic E-state index is 0.271. The van der Waals surface area contributed by atoms with Crippen molar-refractivity contribution in [2.24, 2.45) is 0 Å². The van der Waals surface area contributed by atoms with Crippen LogP contribution in [0.25, 0.3) is 0 Å². The molecule has 0 aromatic rings. The van der Waals surface area contributed by atoms with Crippen LogP contribution in [0, 0.1) is 12.2 Å². The van der Waals surface area contributed by atoms with Crippen molar-refractivity contribution in [3.05, 3.63) is 11.6 Å². The van der Waals surface area contributed by atoms with Crippen LogP contribution in [-0.4, -0.2) is 16.0 Å². The fraction of sp³-hybridized carbons (Fsp3) is 0.500. The van der Waals surface area contributed by atoms with Crippen LogP contribution in [0.2, 0.25) is 0 Å². The second-order valence-corrected chi connectivity index (χ2v) is 2.75. The number of allylic oxidation sites excluding steroid dienone is 2. The van der Waals surface area contributed by atoms with Crippen molar-refractivity contribution >= 4 is 5.78 Å². The Bertz CT molecular complexity index is 208. The Hall–Kier alpha value is -1.43. The molecule has 0 saturated carbocycles. The Kier molecular flexibility index (Phi) is 11.5. The first kappa shape index (κ1) is 14.1. The maximum Gasteiger partial charge on any atom is 0.152 e. The van der Waals surface area contributed by atoms with Gasteiger partial charge in [-0.2, -0.15) is 0 Å². The summed E-state index contributed by atoms with van der Waals surface area (Å²) in [7, 11) is 0. The van der Waals surface area contributed by atoms with E-state index in [4.69, 9.17) is 10.2 Å². The van der Waals surface area contributed by atoms with Crippen LogP contribution in [0.4, 0.5) is 0 Å². The summed E-state index contributed by atoms with van der Waals surface area (Å²) in [6.45, 7) is 5.71. The number of carbonyl (C=O) groups is 1. The quantitative estimate of drug-likeness (QED) is 0.520. The van der Waals surface area contributed by atoms with Gasteiger partial charge in [-0.15, -0.1) is 0 Å². The van der Waals surface area contributed by atoms with Gasteiger partial charge in [0.1, 0.15) is 5.78 Å². The molecule has 74 valence electrons. The number of rotatable bonds is 3. The van der Waals surface area contributed by atoms with Gasteiger partial charge in [0.15, 0.2) is 12.2 Å². The highest BCUT2D eigenvalue weighted by atomic mass is 16.3. The van der Waals surface area contributed by atoms with Crippen LogP contribution in [0.15, 0.2) is 11.6 Å². The average molecular weight is 184 g/mol. The van der Waals surface area contributed by atoms with Gasteiger partial charge in [-0.05, 0) is 27.2 Å². The topological polar surface area (TPSA) is 57.5 Å². The van der Waals surface area contributed by atoms with Crippen LogP contribution < -0.4 is 0 Å². The van der Waals surface area contributed by atoms with Gasteiger partial charge in [0.05, 0.1) is 0 Å². The maximum atomic E-state index is 10.4. The Morgan fingerprint density at radius 1 is 1.23 bits per heavy atom. The molecule has 0 saturated heterocycles. The Balaban J connectivity index is 0. The molecule has 0 aromatic carbocycles. The summed E-state index contributed by atoms with van der Waals surface area (Å²) in [6.07, 6.45) is 6.14. The number of hydrogen-bond donors (Lipinski definition) is 2. The highest BCUT2D eigenvalue weighted by Gasteiger charge is 1.88. The van der Waals surface area contributed by atoms with Crippen molar-refractivity contribution in [3.8, 4) is 12.2 Å². The predicted octanol–water partition coefficient (Wildman–Crippen LogP) is 1.97. The zero-order valence-corrected chi connectivity index (χ0v) is 8.29. The predicted molar refractivity (Wildman–Crippen MR) is 51.0 cm³/mol. The molecule has 3 heteroatoms. The first-order chi connectivity index (χ1) is 6.04. The molecule has 0 spiro atoms. The Labute approximate surface area is 79.1 Å². The molecule has 0 atom stereocenters. The van der Waals surface area contributed by atoms with Gasteiger partial charge in [0.25, 0.3) is 0 Å². The van der Waals surface area contributed by atoms with Crippen LogP contribution in [-0.2, 0) is 4.79 Å². The van der Waals surface area contributed by atoms with E-state index in [0.717, 1.165) is 6.42 Å². The molecule has 0 rings (SSSR count). The molecule has 0 aliphatic carbocycles. The lowest BCUT2D eigenvalue weighted by Crippen LogP contribution is -1.86. The Morgan fingerprint density at radius 3 is 1.92 bits per heavy atom. The lowest BCUT2D eigenvalue weighted by atomic mass is 10.2. The second-order valence-electron chi connectivity index (χ2n) is 2.75. The number of carbonyl (C=O) groups excluding carboxylic acids is 1. The van der Waals surface area contributed by atoms with E-state index < -0.39 is 0 Å². The van der Waals surface area contributed by atoms with Gasteiger partial charge in [-0.1, -0.05) is 11.6 Å². The SMILES string of the molecule is CC(=O)CCC=C(C)C.OC#CO. The molecule has 3 nitrogen and oxygen atoms in total. The van der Waals surface area contributed by atoms with Gasteiger partial charge in [0, 0.05) is 6.42 Å². The molecular weight excluding hydrogens is 168 g/mol. The van der Waals surface area contributed by atoms with Crippen LogP contribution in [0.1, 0.15) is 33.6 Å². The molecule has 0 aliphatic heterocycles. The summed E-state index contributed by atoms with van der Waals surface area (Å²) >= 11 is 0. The number of ketones is 1. The normalized spacial score (nSPS) is 7.00. The summed E-state index contributed by atoms with van der Waals surface area (Å²) in [6, 6.07) is 0. The maximum absolute atomic E-state index is 10.4. The van der Waals surface area contributed by atoms with Crippen molar-refractivity contribution in [2.45, 2.75) is 33.6 Å². The zero-order valence-electron chi connectivity index (χ0n) is 8.29. The van der Waals surface area contributed by atoms with E-state index in [1.165, 1.54) is 17.8 Å². The van der Waals surface area contributed by atoms with Crippen molar-refractivity contribution in [3.63, 3.8) is 0 Å². The fourth-order valence-corrected chi connectivity index (χ4v) is 0.564. The lowest BCUT2D eigenvalue weighted by Gasteiger charge is -1.89. The molecule has 0 amide bonds. The standard InChI is InChI=1S/C8H14O.C2H2O2/c1-7(2)5-4-6-8(3)9;3-1-2-4/h5H,4,6H2,1-3H3;3-4H. The molecule has 0 fully saturated rings. The fourth-order valence-electron chi connectivity index (χ4n) is 0.564. The summed E-state index contributed by atoms with van der Waals surface area (Å²) < 4.78 is 0. The summed E-state index contributed by atoms with van der Waals surface area (Å²) in [5.41, 5.74) is 1.29. The molecule has 2 N–H and O–H groups in total. The molecule has 0 radical (unpaired) electrons. The van der Waals surface area contributed by atoms with E-state index in [2.05, 4.69) is 6.08 Å². The van der Waals surface area contributed by atoms with Gasteiger partial charge < -0.3 is 15.0 Å². The van der Waals surface area contributed by atoms with Crippen LogP contribution in [0.3, 0.4) is 0 Å². The molecular formula is C10H16O3. The molecule has 0 bridgehead atoms. The number of Topliss-reactive ketones (excluding diaryl/α,β-unsaturated/α-hetero) is 1. The van der Waals surface area contributed by atoms with Gasteiger partial charge in [-0.3, -0.25) is 0 Å². The number of aliphatic hydroxyl groups is 2. The first-order valence-electron chi connectivity index (χ1n) is 3.95. The van der Waals surface area contributed by atoms with E-state index in [1.807, 2.05) is 13.8 Å². The first-order valence-corrected chi connectivity index (χ1v) is 3.95. The highest BCUT2D eigenvalue weighted by Crippen LogP contribution is 1.96. The average Bonchev–Trinajstić information content (AvgIpc) is 2.03. The second kappa shape index (κ2) is 10.6. The monoisotopic (exact) mass is 184 g/mol. The van der Waals surface area contributed by atoms with E-state index in [-0.39, 0.29) is 5.78 Å². The number of aliphatic hydroxyl groups excluding tert-OH is 2. The molecule has 0 aliphatic rings. The third kappa shape index (κ3) is 25.0. The van der Waals surface area contributed by atoms with Crippen LogP contribution >= 0.6 is 0 Å². The molecule has 0 unspecified atom stereocenters. The van der Waals surface area contributed by atoms with Crippen molar-refractivity contribution in [2.75, 3.05) is 0 Å². The van der Waals surface area contributed by atoms with Gasteiger partial charge >= 0.3 is 0 Å². The van der Waals surface area contributed by atoms with Crippen molar-refractivity contribution in [1.82, 2.24) is 0 Å². The minimum absolute atomic E-state index is 0.271. The third-order valence-electron chi connectivity index (χ3n) is 1.10. The van der Waals surface area contributed by atoms with Gasteiger partial charge in [-0.25, -0.2) is 0 Å². The van der Waals surface area contributed by atoms with E-state index in [1.54, 1.807) is 6.92 Å². The molecule has 0 aromatic heterocycles. The van der Waals surface area contributed by atoms with Crippen molar-refractivity contribution < 1.29 is 15.0 Å². The lowest BCUT2D eigenvalue weighted by molar-refractivity contribution is -0.116. The van der Waals surface area contributed by atoms with Crippen molar-refractivity contribution in [1.29, 1.82) is 0 Å². The largest absolute Gasteiger partial charge is 0.460 e. The molecule has 13 heavy (non-hydrogen) atoms. The van der Waals surface area contributed by atoms with E-state index >= 15 is 0 Å². The summed E-state index contributed by atoms with van der Waals surface area (Å²) in [5, 5.41) is 14.5. The third-order valence-corrected chi connectivity index (χ3v) is 1.10. The summed E-state index contributed by atoms with van der Waals surface area (Å²) in [4.78, 5) is 10.4. The zero-order chi connectivity index (χ0) is 10.7. The van der Waals surface area contributed by atoms with E-state index in [0.29, 0.717) is 6.42 Å². The smallest absolute Gasteiger partial charge is 0.152 e. The van der Waals surface area contributed by atoms with E-state index in [9.17, 15) is 4.79 Å². The van der Waals surface area contributed by atoms with Gasteiger partial charge in [0.2, 0.25) is 0 Å². The highest BCUT2D eigenvalue weighted by molar-refractivity contribution is 5.75. The Morgan fingerprint density at radius 2 is 1.69 bits per heavy atom. The minimum Gasteiger partial charge on any atom is -0.460 e. The summed E-state index contributed by atoms with van der Waals surface area (Å²) in [5.74, 6) is 0.271. The van der Waals surface area contributed by atoms with Crippen LogP contribution in [0.5, 0.6) is 0 Å². The molecule has 0 heterocycles.